The summed E-state index contributed by atoms with van der Waals surface area (Å²) in [6, 6.07) is 0.902. The van der Waals surface area contributed by atoms with Crippen LogP contribution in [0.4, 0.5) is 4.79 Å². The second kappa shape index (κ2) is 6.97. The maximum Gasteiger partial charge on any atom is 0.407 e. The van der Waals surface area contributed by atoms with E-state index in [4.69, 9.17) is 9.47 Å². The predicted octanol–water partition coefficient (Wildman–Crippen LogP) is 2.40. The smallest absolute Gasteiger partial charge is 0.407 e. The Bertz CT molecular complexity index is 342. The summed E-state index contributed by atoms with van der Waals surface area (Å²) in [5.41, 5.74) is -0.424. The van der Waals surface area contributed by atoms with Gasteiger partial charge in [-0.3, -0.25) is 0 Å². The van der Waals surface area contributed by atoms with E-state index in [0.717, 1.165) is 45.4 Å². The molecule has 2 aliphatic rings. The zero-order chi connectivity index (χ0) is 15.5. The Morgan fingerprint density at radius 2 is 1.86 bits per heavy atom. The molecule has 1 aliphatic carbocycles. The molecule has 0 atom stereocenters. The van der Waals surface area contributed by atoms with Crippen molar-refractivity contribution >= 4 is 6.09 Å². The fourth-order valence-electron chi connectivity index (χ4n) is 3.08. The highest BCUT2D eigenvalue weighted by Gasteiger charge is 2.28. The average molecular weight is 298 g/mol. The minimum Gasteiger partial charge on any atom is -0.444 e. The molecule has 1 saturated carbocycles. The molecule has 1 saturated heterocycles. The average Bonchev–Trinajstić information content (AvgIpc) is 2.32. The van der Waals surface area contributed by atoms with E-state index in [1.807, 2.05) is 20.8 Å². The number of hydrogen-bond acceptors (Lipinski definition) is 4. The van der Waals surface area contributed by atoms with Crippen LogP contribution in [0.25, 0.3) is 0 Å². The Morgan fingerprint density at radius 3 is 2.33 bits per heavy atom. The van der Waals surface area contributed by atoms with Crippen LogP contribution in [0.2, 0.25) is 0 Å². The van der Waals surface area contributed by atoms with E-state index in [9.17, 15) is 4.79 Å². The van der Waals surface area contributed by atoms with Gasteiger partial charge >= 0.3 is 6.09 Å². The molecule has 1 heterocycles. The molecule has 0 radical (unpaired) electrons. The summed E-state index contributed by atoms with van der Waals surface area (Å²) in [7, 11) is 2.21. The molecule has 5 heteroatoms. The quantitative estimate of drug-likeness (QED) is 0.866. The monoisotopic (exact) mass is 298 g/mol. The molecule has 122 valence electrons. The highest BCUT2D eigenvalue weighted by molar-refractivity contribution is 5.68. The molecule has 0 aromatic heterocycles. The Balaban J connectivity index is 1.66. The molecule has 0 spiro atoms. The van der Waals surface area contributed by atoms with Crippen LogP contribution in [0.1, 0.15) is 46.5 Å². The number of carbonyl (C=O) groups is 1. The Labute approximate surface area is 128 Å². The molecule has 1 aliphatic heterocycles. The standard InChI is InChI=1S/C16H30N2O3/c1-16(2,3)21-15(19)17-13-5-7-14(8-6-13)18(4)9-12-10-20-11-12/h12-14H,5-11H2,1-4H3,(H,17,19)/t13-,14-. The highest BCUT2D eigenvalue weighted by atomic mass is 16.6. The number of ether oxygens (including phenoxy) is 2. The van der Waals surface area contributed by atoms with Gasteiger partial charge in [0.2, 0.25) is 0 Å². The second-order valence-corrected chi connectivity index (χ2v) is 7.49. The summed E-state index contributed by atoms with van der Waals surface area (Å²) in [5, 5.41) is 3.00. The zero-order valence-electron chi connectivity index (χ0n) is 13.9. The lowest BCUT2D eigenvalue weighted by Gasteiger charge is -2.38. The molecule has 0 aromatic carbocycles. The van der Waals surface area contributed by atoms with Crippen LogP contribution in [-0.4, -0.2) is 55.5 Å². The van der Waals surface area contributed by atoms with Crippen molar-refractivity contribution in [2.24, 2.45) is 5.92 Å². The van der Waals surface area contributed by atoms with Crippen molar-refractivity contribution in [2.75, 3.05) is 26.8 Å². The van der Waals surface area contributed by atoms with Gasteiger partial charge in [0.15, 0.2) is 0 Å². The van der Waals surface area contributed by atoms with Crippen LogP contribution >= 0.6 is 0 Å². The van der Waals surface area contributed by atoms with Crippen molar-refractivity contribution in [1.29, 1.82) is 0 Å². The van der Waals surface area contributed by atoms with Gasteiger partial charge in [0.05, 0.1) is 13.2 Å². The predicted molar refractivity (Wildman–Crippen MR) is 82.4 cm³/mol. The number of nitrogens with zero attached hydrogens (tertiary/aromatic N) is 1. The summed E-state index contributed by atoms with van der Waals surface area (Å²) >= 11 is 0. The minimum atomic E-state index is -0.424. The van der Waals surface area contributed by atoms with Crippen LogP contribution in [0.15, 0.2) is 0 Å². The van der Waals surface area contributed by atoms with E-state index in [-0.39, 0.29) is 12.1 Å². The first kappa shape index (κ1) is 16.6. The van der Waals surface area contributed by atoms with E-state index < -0.39 is 5.60 Å². The molecule has 0 bridgehead atoms. The van der Waals surface area contributed by atoms with Gasteiger partial charge in [0.1, 0.15) is 5.60 Å². The molecular formula is C16H30N2O3. The van der Waals surface area contributed by atoms with Gasteiger partial charge in [-0.15, -0.1) is 0 Å². The Morgan fingerprint density at radius 1 is 1.24 bits per heavy atom. The number of nitrogens with one attached hydrogen (secondary N) is 1. The van der Waals surface area contributed by atoms with Crippen molar-refractivity contribution in [2.45, 2.75) is 64.1 Å². The first-order valence-electron chi connectivity index (χ1n) is 8.11. The third kappa shape index (κ3) is 5.47. The van der Waals surface area contributed by atoms with E-state index in [2.05, 4.69) is 17.3 Å². The number of carbonyl (C=O) groups excluding carboxylic acids is 1. The van der Waals surface area contributed by atoms with Crippen molar-refractivity contribution in [3.8, 4) is 0 Å². The summed E-state index contributed by atoms with van der Waals surface area (Å²) in [4.78, 5) is 14.2. The third-order valence-electron chi connectivity index (χ3n) is 4.29. The van der Waals surface area contributed by atoms with Crippen LogP contribution in [0.3, 0.4) is 0 Å². The zero-order valence-corrected chi connectivity index (χ0v) is 13.9. The van der Waals surface area contributed by atoms with Gasteiger partial charge in [-0.25, -0.2) is 4.79 Å². The van der Waals surface area contributed by atoms with Gasteiger partial charge < -0.3 is 19.7 Å². The first-order chi connectivity index (χ1) is 9.83. The van der Waals surface area contributed by atoms with Crippen LogP contribution < -0.4 is 5.32 Å². The maximum atomic E-state index is 11.8. The van der Waals surface area contributed by atoms with Gasteiger partial charge in [0, 0.05) is 24.5 Å². The van der Waals surface area contributed by atoms with Gasteiger partial charge in [0.25, 0.3) is 0 Å². The molecule has 0 unspecified atom stereocenters. The highest BCUT2D eigenvalue weighted by Crippen LogP contribution is 2.24. The van der Waals surface area contributed by atoms with Gasteiger partial charge in [-0.1, -0.05) is 0 Å². The third-order valence-corrected chi connectivity index (χ3v) is 4.29. The molecule has 2 rings (SSSR count). The number of amides is 1. The van der Waals surface area contributed by atoms with E-state index in [1.165, 1.54) is 0 Å². The van der Waals surface area contributed by atoms with Crippen molar-refractivity contribution in [1.82, 2.24) is 10.2 Å². The maximum absolute atomic E-state index is 11.8. The lowest BCUT2D eigenvalue weighted by Crippen LogP contribution is -2.46. The molecule has 1 N–H and O–H groups in total. The summed E-state index contributed by atoms with van der Waals surface area (Å²) in [5.74, 6) is 0.715. The van der Waals surface area contributed by atoms with Crippen molar-refractivity contribution in [3.63, 3.8) is 0 Å². The van der Waals surface area contributed by atoms with Crippen LogP contribution in [0, 0.1) is 5.92 Å². The van der Waals surface area contributed by atoms with Crippen molar-refractivity contribution < 1.29 is 14.3 Å². The lowest BCUT2D eigenvalue weighted by atomic mass is 9.90. The fraction of sp³-hybridized carbons (Fsp3) is 0.938. The molecular weight excluding hydrogens is 268 g/mol. The van der Waals surface area contributed by atoms with E-state index >= 15 is 0 Å². The summed E-state index contributed by atoms with van der Waals surface area (Å²) in [6.45, 7) is 8.64. The number of alkyl carbamates (subject to hydrolysis) is 1. The molecule has 0 aromatic rings. The second-order valence-electron chi connectivity index (χ2n) is 7.49. The summed E-state index contributed by atoms with van der Waals surface area (Å²) < 4.78 is 10.6. The van der Waals surface area contributed by atoms with Gasteiger partial charge in [-0.2, -0.15) is 0 Å². The molecule has 2 fully saturated rings. The first-order valence-corrected chi connectivity index (χ1v) is 8.11. The minimum absolute atomic E-state index is 0.261. The summed E-state index contributed by atoms with van der Waals surface area (Å²) in [6.07, 6.45) is 4.07. The molecule has 1 amide bonds. The van der Waals surface area contributed by atoms with Crippen LogP contribution in [-0.2, 0) is 9.47 Å². The number of rotatable bonds is 4. The topological polar surface area (TPSA) is 50.8 Å². The van der Waals surface area contributed by atoms with E-state index in [0.29, 0.717) is 12.0 Å². The fourth-order valence-corrected chi connectivity index (χ4v) is 3.08. The number of hydrogen-bond donors (Lipinski definition) is 1. The SMILES string of the molecule is CN(CC1COC1)[C@H]1CC[C@H](NC(=O)OC(C)(C)C)CC1. The normalized spacial score (nSPS) is 27.3. The van der Waals surface area contributed by atoms with Gasteiger partial charge in [-0.05, 0) is 53.5 Å². The molecule has 21 heavy (non-hydrogen) atoms. The Hall–Kier alpha value is -0.810. The van der Waals surface area contributed by atoms with Crippen LogP contribution in [0.5, 0.6) is 0 Å². The van der Waals surface area contributed by atoms with Crippen molar-refractivity contribution in [3.05, 3.63) is 0 Å². The Kier molecular flexibility index (Phi) is 5.49. The van der Waals surface area contributed by atoms with E-state index in [1.54, 1.807) is 0 Å². The lowest BCUT2D eigenvalue weighted by molar-refractivity contribution is -0.0498. The largest absolute Gasteiger partial charge is 0.444 e. The molecule has 5 nitrogen and oxygen atoms in total.